The predicted molar refractivity (Wildman–Crippen MR) is 101 cm³/mol. The lowest BCUT2D eigenvalue weighted by atomic mass is 10.2. The highest BCUT2D eigenvalue weighted by molar-refractivity contribution is 5.92. The zero-order valence-corrected chi connectivity index (χ0v) is 15.0. The largest absolute Gasteiger partial charge is 0.481 e. The monoisotopic (exact) mass is 385 g/mol. The topological polar surface area (TPSA) is 96.5 Å². The number of amides is 3. The summed E-state index contributed by atoms with van der Waals surface area (Å²) in [6.45, 7) is -0.354. The highest BCUT2D eigenvalue weighted by Crippen LogP contribution is 2.14. The first-order valence-corrected chi connectivity index (χ1v) is 8.50. The van der Waals surface area contributed by atoms with Gasteiger partial charge in [0.2, 0.25) is 11.8 Å². The van der Waals surface area contributed by atoms with Crippen molar-refractivity contribution in [1.82, 2.24) is 16.2 Å². The Morgan fingerprint density at radius 3 is 2.36 bits per heavy atom. The van der Waals surface area contributed by atoms with E-state index in [2.05, 4.69) is 16.2 Å². The average Bonchev–Trinajstić information content (AvgIpc) is 2.71. The van der Waals surface area contributed by atoms with E-state index in [9.17, 15) is 18.8 Å². The Morgan fingerprint density at radius 1 is 0.929 bits per heavy atom. The van der Waals surface area contributed by atoms with Crippen LogP contribution in [0.3, 0.4) is 0 Å². The first-order chi connectivity index (χ1) is 13.5. The van der Waals surface area contributed by atoms with E-state index in [1.54, 1.807) is 12.1 Å². The molecule has 2 aromatic carbocycles. The Kier molecular flexibility index (Phi) is 8.19. The molecule has 2 aromatic rings. The van der Waals surface area contributed by atoms with Crippen molar-refractivity contribution in [1.29, 1.82) is 0 Å². The maximum absolute atomic E-state index is 13.3. The quantitative estimate of drug-likeness (QED) is 0.475. The van der Waals surface area contributed by atoms with Crippen LogP contribution >= 0.6 is 0 Å². The van der Waals surface area contributed by atoms with Gasteiger partial charge >= 0.3 is 0 Å². The maximum Gasteiger partial charge on any atom is 0.276 e. The van der Waals surface area contributed by atoms with Gasteiger partial charge in [-0.25, -0.2) is 4.39 Å². The molecule has 0 radical (unpaired) electrons. The van der Waals surface area contributed by atoms with Crippen molar-refractivity contribution in [2.45, 2.75) is 6.42 Å². The molecule has 8 heteroatoms. The summed E-state index contributed by atoms with van der Waals surface area (Å²) in [6, 6.07) is 15.0. The summed E-state index contributed by atoms with van der Waals surface area (Å²) in [5, 5.41) is 2.56. The Labute approximate surface area is 161 Å². The Morgan fingerprint density at radius 2 is 1.61 bits per heavy atom. The standard InChI is InChI=1S/C20H20FN3O4/c21-16-8-4-5-9-17(16)28-14-20(27)24-23-19(26)12-13-22-18(25)11-10-15-6-2-1-3-7-15/h1-11H,12-14H2,(H,22,25)(H,23,26)(H,24,27)/b11-10+. The van der Waals surface area contributed by atoms with Crippen LogP contribution in [0.25, 0.3) is 6.08 Å². The number of carbonyl (C=O) groups is 3. The van der Waals surface area contributed by atoms with Gasteiger partial charge in [-0.05, 0) is 23.8 Å². The lowest BCUT2D eigenvalue weighted by Gasteiger charge is -2.09. The fraction of sp³-hybridized carbons (Fsp3) is 0.150. The van der Waals surface area contributed by atoms with Gasteiger partial charge in [0.25, 0.3) is 5.91 Å². The van der Waals surface area contributed by atoms with E-state index in [0.29, 0.717) is 0 Å². The summed E-state index contributed by atoms with van der Waals surface area (Å²) in [7, 11) is 0. The number of para-hydroxylation sites is 1. The molecular formula is C20H20FN3O4. The molecule has 0 aliphatic rings. The second kappa shape index (κ2) is 11.1. The maximum atomic E-state index is 13.3. The van der Waals surface area contributed by atoms with Crippen molar-refractivity contribution in [3.05, 3.63) is 72.1 Å². The lowest BCUT2D eigenvalue weighted by molar-refractivity contribution is -0.130. The number of carbonyl (C=O) groups excluding carboxylic acids is 3. The SMILES string of the molecule is O=C(/C=C/c1ccccc1)NCCC(=O)NNC(=O)COc1ccccc1F. The molecule has 2 rings (SSSR count). The lowest BCUT2D eigenvalue weighted by Crippen LogP contribution is -2.44. The molecule has 146 valence electrons. The number of hydrazine groups is 1. The number of halogens is 1. The minimum atomic E-state index is -0.647. The molecule has 28 heavy (non-hydrogen) atoms. The van der Waals surface area contributed by atoms with Crippen LogP contribution in [0.15, 0.2) is 60.7 Å². The molecule has 0 aliphatic heterocycles. The summed E-state index contributed by atoms with van der Waals surface area (Å²) < 4.78 is 18.3. The molecule has 0 bridgehead atoms. The van der Waals surface area contributed by atoms with Crippen LogP contribution < -0.4 is 20.9 Å². The Hall–Kier alpha value is -3.68. The number of benzene rings is 2. The fourth-order valence-corrected chi connectivity index (χ4v) is 2.04. The average molecular weight is 385 g/mol. The normalized spacial score (nSPS) is 10.3. The van der Waals surface area contributed by atoms with Gasteiger partial charge in [0.1, 0.15) is 0 Å². The van der Waals surface area contributed by atoms with Crippen molar-refractivity contribution in [2.24, 2.45) is 0 Å². The third-order valence-corrected chi connectivity index (χ3v) is 3.41. The van der Waals surface area contributed by atoms with Gasteiger partial charge in [0, 0.05) is 19.0 Å². The smallest absolute Gasteiger partial charge is 0.276 e. The molecule has 0 aromatic heterocycles. The molecular weight excluding hydrogens is 365 g/mol. The van der Waals surface area contributed by atoms with Crippen molar-refractivity contribution >= 4 is 23.8 Å². The zero-order valence-electron chi connectivity index (χ0n) is 15.0. The van der Waals surface area contributed by atoms with E-state index in [-0.39, 0.29) is 24.6 Å². The van der Waals surface area contributed by atoms with Crippen molar-refractivity contribution in [3.8, 4) is 5.75 Å². The Balaban J connectivity index is 1.59. The molecule has 7 nitrogen and oxygen atoms in total. The van der Waals surface area contributed by atoms with Gasteiger partial charge in [-0.3, -0.25) is 25.2 Å². The summed E-state index contributed by atoms with van der Waals surface area (Å²) in [5.41, 5.74) is 5.21. The number of ether oxygens (including phenoxy) is 1. The van der Waals surface area contributed by atoms with E-state index >= 15 is 0 Å². The number of rotatable bonds is 8. The fourth-order valence-electron chi connectivity index (χ4n) is 2.04. The molecule has 0 saturated heterocycles. The molecule has 0 unspecified atom stereocenters. The molecule has 0 atom stereocenters. The summed E-state index contributed by atoms with van der Waals surface area (Å²) in [5.74, 6) is -2.12. The van der Waals surface area contributed by atoms with E-state index < -0.39 is 24.2 Å². The van der Waals surface area contributed by atoms with Crippen LogP contribution in [0.2, 0.25) is 0 Å². The van der Waals surface area contributed by atoms with Gasteiger partial charge < -0.3 is 10.1 Å². The zero-order chi connectivity index (χ0) is 20.2. The molecule has 0 fully saturated rings. The second-order valence-corrected chi connectivity index (χ2v) is 5.60. The van der Waals surface area contributed by atoms with Crippen molar-refractivity contribution in [2.75, 3.05) is 13.2 Å². The predicted octanol–water partition coefficient (Wildman–Crippen LogP) is 1.57. The van der Waals surface area contributed by atoms with E-state index in [1.165, 1.54) is 24.3 Å². The second-order valence-electron chi connectivity index (χ2n) is 5.60. The van der Waals surface area contributed by atoms with Gasteiger partial charge in [0.15, 0.2) is 18.2 Å². The van der Waals surface area contributed by atoms with Crippen LogP contribution in [0.5, 0.6) is 5.75 Å². The third-order valence-electron chi connectivity index (χ3n) is 3.41. The number of hydrogen-bond acceptors (Lipinski definition) is 4. The molecule has 3 amide bonds. The van der Waals surface area contributed by atoms with Crippen molar-refractivity contribution in [3.63, 3.8) is 0 Å². The van der Waals surface area contributed by atoms with Crippen LogP contribution in [0.4, 0.5) is 4.39 Å². The Bertz CT molecular complexity index is 840. The van der Waals surface area contributed by atoms with Crippen LogP contribution in [-0.4, -0.2) is 30.9 Å². The van der Waals surface area contributed by atoms with E-state index in [0.717, 1.165) is 5.56 Å². The van der Waals surface area contributed by atoms with Gasteiger partial charge in [-0.1, -0.05) is 42.5 Å². The van der Waals surface area contributed by atoms with Crippen molar-refractivity contribution < 1.29 is 23.5 Å². The van der Waals surface area contributed by atoms with Crippen LogP contribution in [-0.2, 0) is 14.4 Å². The molecule has 0 aliphatic carbocycles. The number of nitrogens with one attached hydrogen (secondary N) is 3. The highest BCUT2D eigenvalue weighted by Gasteiger charge is 2.08. The minimum absolute atomic E-state index is 0.0284. The van der Waals surface area contributed by atoms with E-state index in [4.69, 9.17) is 4.74 Å². The molecule has 3 N–H and O–H groups in total. The summed E-state index contributed by atoms with van der Waals surface area (Å²) >= 11 is 0. The van der Waals surface area contributed by atoms with Gasteiger partial charge in [-0.15, -0.1) is 0 Å². The van der Waals surface area contributed by atoms with Gasteiger partial charge in [0.05, 0.1) is 0 Å². The van der Waals surface area contributed by atoms with E-state index in [1.807, 2.05) is 30.3 Å². The molecule has 0 saturated carbocycles. The first-order valence-electron chi connectivity index (χ1n) is 8.50. The highest BCUT2D eigenvalue weighted by atomic mass is 19.1. The van der Waals surface area contributed by atoms with Crippen LogP contribution in [0, 0.1) is 5.82 Å². The third kappa shape index (κ3) is 7.69. The molecule has 0 spiro atoms. The summed E-state index contributed by atoms with van der Waals surface area (Å²) in [6.07, 6.45) is 3.00. The summed E-state index contributed by atoms with van der Waals surface area (Å²) in [4.78, 5) is 34.9. The first kappa shape index (κ1) is 20.6. The van der Waals surface area contributed by atoms with Crippen LogP contribution in [0.1, 0.15) is 12.0 Å². The van der Waals surface area contributed by atoms with Gasteiger partial charge in [-0.2, -0.15) is 0 Å². The molecule has 0 heterocycles. The number of hydrogen-bond donors (Lipinski definition) is 3. The minimum Gasteiger partial charge on any atom is -0.481 e.